The maximum absolute atomic E-state index is 11.1. The number of hydrogen-bond acceptors (Lipinski definition) is 6. The van der Waals surface area contributed by atoms with Gasteiger partial charge in [0, 0.05) is 6.21 Å². The Labute approximate surface area is 176 Å². The van der Waals surface area contributed by atoms with Gasteiger partial charge in [0.15, 0.2) is 11.5 Å². The molecule has 0 unspecified atom stereocenters. The number of benzene rings is 2. The van der Waals surface area contributed by atoms with E-state index in [1.54, 1.807) is 18.2 Å². The van der Waals surface area contributed by atoms with Gasteiger partial charge in [0.1, 0.15) is 12.4 Å². The zero-order valence-corrected chi connectivity index (χ0v) is 16.4. The van der Waals surface area contributed by atoms with Crippen molar-refractivity contribution in [1.29, 1.82) is 0 Å². The molecule has 0 radical (unpaired) electrons. The van der Waals surface area contributed by atoms with Gasteiger partial charge in [-0.05, 0) is 54.1 Å². The van der Waals surface area contributed by atoms with Crippen LogP contribution >= 0.6 is 11.6 Å². The highest BCUT2D eigenvalue weighted by Crippen LogP contribution is 2.30. The molecule has 0 atom stereocenters. The van der Waals surface area contributed by atoms with Crippen LogP contribution < -0.4 is 9.47 Å². The zero-order chi connectivity index (χ0) is 21.7. The van der Waals surface area contributed by atoms with Crippen molar-refractivity contribution in [2.24, 2.45) is 4.99 Å². The number of halogens is 1. The van der Waals surface area contributed by atoms with E-state index in [0.717, 1.165) is 0 Å². The fourth-order valence-corrected chi connectivity index (χ4v) is 2.66. The highest BCUT2D eigenvalue weighted by atomic mass is 35.5. The second-order valence-electron chi connectivity index (χ2n) is 6.00. The Bertz CT molecular complexity index is 1120. The van der Waals surface area contributed by atoms with Gasteiger partial charge in [-0.2, -0.15) is 0 Å². The number of aliphatic imine (C=N–C) groups is 1. The minimum absolute atomic E-state index is 0.0225. The maximum Gasteiger partial charge on any atom is 0.371 e. The smallest absolute Gasteiger partial charge is 0.371 e. The van der Waals surface area contributed by atoms with E-state index in [2.05, 4.69) is 4.99 Å². The molecule has 0 aliphatic rings. The second kappa shape index (κ2) is 9.15. The van der Waals surface area contributed by atoms with Crippen molar-refractivity contribution in [2.45, 2.75) is 6.61 Å². The summed E-state index contributed by atoms with van der Waals surface area (Å²) in [7, 11) is 1.48. The summed E-state index contributed by atoms with van der Waals surface area (Å²) in [6.45, 7) is 0.0225. The lowest BCUT2D eigenvalue weighted by molar-refractivity contribution is 0.0655. The van der Waals surface area contributed by atoms with Gasteiger partial charge in [-0.3, -0.25) is 4.99 Å². The van der Waals surface area contributed by atoms with Crippen LogP contribution in [0.1, 0.15) is 32.2 Å². The molecule has 0 amide bonds. The van der Waals surface area contributed by atoms with Crippen molar-refractivity contribution in [3.05, 3.63) is 76.2 Å². The maximum atomic E-state index is 11.1. The molecule has 8 nitrogen and oxygen atoms in total. The van der Waals surface area contributed by atoms with E-state index in [4.69, 9.17) is 35.7 Å². The summed E-state index contributed by atoms with van der Waals surface area (Å²) in [6.07, 6.45) is 1.52. The number of ether oxygens (including phenoxy) is 2. The lowest BCUT2D eigenvalue weighted by atomic mass is 10.2. The number of hydrogen-bond donors (Lipinski definition) is 2. The fraction of sp³-hybridized carbons (Fsp3) is 0.0952. The summed E-state index contributed by atoms with van der Waals surface area (Å²) in [6, 6.07) is 12.2. The van der Waals surface area contributed by atoms with Crippen LogP contribution in [0.5, 0.6) is 11.5 Å². The number of carboxylic acids is 2. The number of methoxy groups -OCH3 is 1. The molecule has 2 N–H and O–H groups in total. The molecule has 1 aromatic heterocycles. The number of furan rings is 1. The third-order valence-corrected chi connectivity index (χ3v) is 4.30. The first-order valence-electron chi connectivity index (χ1n) is 8.57. The summed E-state index contributed by atoms with van der Waals surface area (Å²) in [5.74, 6) is -1.19. The molecule has 0 bridgehead atoms. The molecule has 0 spiro atoms. The van der Waals surface area contributed by atoms with E-state index in [0.29, 0.717) is 33.5 Å². The van der Waals surface area contributed by atoms with E-state index in [1.807, 2.05) is 0 Å². The van der Waals surface area contributed by atoms with Crippen LogP contribution in [0, 0.1) is 0 Å². The van der Waals surface area contributed by atoms with E-state index in [-0.39, 0.29) is 17.9 Å². The van der Waals surface area contributed by atoms with E-state index in [1.165, 1.54) is 43.7 Å². The molecule has 2 aromatic carbocycles. The molecule has 0 saturated heterocycles. The number of nitrogens with zero attached hydrogens (tertiary/aromatic N) is 1. The Morgan fingerprint density at radius 1 is 1.07 bits per heavy atom. The first kappa shape index (κ1) is 20.9. The Morgan fingerprint density at radius 2 is 1.87 bits per heavy atom. The van der Waals surface area contributed by atoms with Crippen molar-refractivity contribution < 1.29 is 33.7 Å². The predicted octanol–water partition coefficient (Wildman–Crippen LogP) is 4.67. The van der Waals surface area contributed by atoms with Gasteiger partial charge in [0.25, 0.3) is 0 Å². The largest absolute Gasteiger partial charge is 0.493 e. The fourth-order valence-electron chi connectivity index (χ4n) is 2.49. The van der Waals surface area contributed by atoms with Crippen molar-refractivity contribution in [3.8, 4) is 11.5 Å². The monoisotopic (exact) mass is 429 g/mol. The van der Waals surface area contributed by atoms with Gasteiger partial charge in [-0.1, -0.05) is 11.6 Å². The third kappa shape index (κ3) is 4.98. The number of rotatable bonds is 8. The minimum Gasteiger partial charge on any atom is -0.493 e. The van der Waals surface area contributed by atoms with Crippen molar-refractivity contribution in [3.63, 3.8) is 0 Å². The topological polar surface area (TPSA) is 119 Å². The molecule has 0 fully saturated rings. The second-order valence-corrected chi connectivity index (χ2v) is 6.41. The molecule has 0 aliphatic carbocycles. The van der Waals surface area contributed by atoms with Gasteiger partial charge in [0.05, 0.1) is 23.4 Å². The Hall–Kier alpha value is -3.78. The number of aromatic carboxylic acids is 2. The van der Waals surface area contributed by atoms with Crippen molar-refractivity contribution >= 4 is 35.4 Å². The average Bonchev–Trinajstić information content (AvgIpc) is 3.21. The molecule has 3 aromatic rings. The van der Waals surface area contributed by atoms with E-state index in [9.17, 15) is 9.59 Å². The molecule has 3 rings (SSSR count). The molecule has 154 valence electrons. The van der Waals surface area contributed by atoms with Gasteiger partial charge in [-0.15, -0.1) is 0 Å². The standard InChI is InChI=1S/C21H16ClNO7/c1-28-19-8-12(10-23-16-9-13(20(24)25)3-5-15(16)22)2-6-17(19)29-11-14-4-7-18(30-14)21(26)27/h2-10H,11H2,1H3,(H,24,25)(H,26,27). The quantitative estimate of drug-likeness (QED) is 0.499. The van der Waals surface area contributed by atoms with Gasteiger partial charge >= 0.3 is 11.9 Å². The molecule has 9 heteroatoms. The summed E-state index contributed by atoms with van der Waals surface area (Å²) in [5, 5.41) is 18.3. The first-order chi connectivity index (χ1) is 14.4. The Kier molecular flexibility index (Phi) is 6.38. The van der Waals surface area contributed by atoms with E-state index >= 15 is 0 Å². The SMILES string of the molecule is COc1cc(C=Nc2cc(C(=O)O)ccc2Cl)ccc1OCc1ccc(C(=O)O)o1. The van der Waals surface area contributed by atoms with Crippen LogP contribution in [0.15, 0.2) is 57.9 Å². The Balaban J connectivity index is 1.75. The molecule has 0 aliphatic heterocycles. The molecule has 30 heavy (non-hydrogen) atoms. The van der Waals surface area contributed by atoms with Crippen LogP contribution in [0.3, 0.4) is 0 Å². The van der Waals surface area contributed by atoms with Crippen molar-refractivity contribution in [1.82, 2.24) is 0 Å². The highest BCUT2D eigenvalue weighted by Gasteiger charge is 2.11. The molecular formula is C21H16ClNO7. The summed E-state index contributed by atoms with van der Waals surface area (Å²) >= 11 is 6.07. The van der Waals surface area contributed by atoms with Crippen LogP contribution in [0.25, 0.3) is 0 Å². The van der Waals surface area contributed by atoms with Crippen molar-refractivity contribution in [2.75, 3.05) is 7.11 Å². The first-order valence-corrected chi connectivity index (χ1v) is 8.95. The molecular weight excluding hydrogens is 414 g/mol. The van der Waals surface area contributed by atoms with Gasteiger partial charge < -0.3 is 24.1 Å². The van der Waals surface area contributed by atoms with Crippen LogP contribution in [-0.4, -0.2) is 35.5 Å². The molecule has 0 saturated carbocycles. The predicted molar refractivity (Wildman–Crippen MR) is 109 cm³/mol. The van der Waals surface area contributed by atoms with Gasteiger partial charge in [-0.25, -0.2) is 9.59 Å². The normalized spacial score (nSPS) is 10.9. The van der Waals surface area contributed by atoms with E-state index < -0.39 is 11.9 Å². The van der Waals surface area contributed by atoms with Gasteiger partial charge in [0.2, 0.25) is 5.76 Å². The lowest BCUT2D eigenvalue weighted by Gasteiger charge is -2.10. The zero-order valence-electron chi connectivity index (χ0n) is 15.7. The highest BCUT2D eigenvalue weighted by molar-refractivity contribution is 6.33. The summed E-state index contributed by atoms with van der Waals surface area (Å²) in [5.41, 5.74) is 1.07. The third-order valence-electron chi connectivity index (χ3n) is 3.98. The number of carboxylic acid groups (broad SMARTS) is 2. The van der Waals surface area contributed by atoms with Crippen LogP contribution in [0.2, 0.25) is 5.02 Å². The average molecular weight is 430 g/mol. The lowest BCUT2D eigenvalue weighted by Crippen LogP contribution is -1.98. The summed E-state index contributed by atoms with van der Waals surface area (Å²) in [4.78, 5) is 26.2. The molecule has 1 heterocycles. The van der Waals surface area contributed by atoms with Crippen LogP contribution in [0.4, 0.5) is 5.69 Å². The minimum atomic E-state index is -1.16. The number of carbonyl (C=O) groups is 2. The summed E-state index contributed by atoms with van der Waals surface area (Å²) < 4.78 is 16.1. The Morgan fingerprint density at radius 3 is 2.53 bits per heavy atom. The van der Waals surface area contributed by atoms with Crippen LogP contribution in [-0.2, 0) is 6.61 Å².